The van der Waals surface area contributed by atoms with E-state index in [9.17, 15) is 10.1 Å². The van der Waals surface area contributed by atoms with Crippen molar-refractivity contribution in [3.05, 3.63) is 45.8 Å². The van der Waals surface area contributed by atoms with Crippen LogP contribution in [0.15, 0.2) is 24.5 Å². The maximum Gasteiger partial charge on any atom is 0.353 e. The molecule has 0 unspecified atom stereocenters. The molecule has 1 N–H and O–H groups in total. The maximum absolute atomic E-state index is 11.8. The third-order valence-corrected chi connectivity index (χ3v) is 5.30. The summed E-state index contributed by atoms with van der Waals surface area (Å²) >= 11 is 0. The van der Waals surface area contributed by atoms with Crippen molar-refractivity contribution < 1.29 is 9.66 Å². The normalized spacial score (nSPS) is 14.2. The van der Waals surface area contributed by atoms with E-state index >= 15 is 0 Å². The van der Waals surface area contributed by atoms with Crippen LogP contribution in [-0.2, 0) is 4.74 Å². The van der Waals surface area contributed by atoms with Crippen LogP contribution in [0.4, 0.5) is 23.0 Å². The van der Waals surface area contributed by atoms with Gasteiger partial charge in [-0.1, -0.05) is 12.1 Å². The minimum Gasteiger partial charge on any atom is -0.385 e. The largest absolute Gasteiger partial charge is 0.385 e. The Balaban J connectivity index is 1.74. The van der Waals surface area contributed by atoms with Gasteiger partial charge in [-0.2, -0.15) is 0 Å². The lowest BCUT2D eigenvalue weighted by Crippen LogP contribution is -2.47. The third kappa shape index (κ3) is 4.73. The highest BCUT2D eigenvalue weighted by Crippen LogP contribution is 2.33. The summed E-state index contributed by atoms with van der Waals surface area (Å²) in [6, 6.07) is 6.31. The molecule has 1 fully saturated rings. The first-order valence-electron chi connectivity index (χ1n) is 9.81. The second kappa shape index (κ2) is 9.51. The van der Waals surface area contributed by atoms with E-state index in [1.54, 1.807) is 7.11 Å². The van der Waals surface area contributed by atoms with E-state index in [0.717, 1.165) is 19.5 Å². The van der Waals surface area contributed by atoms with Crippen molar-refractivity contribution in [2.45, 2.75) is 20.3 Å². The fraction of sp³-hybridized carbons (Fsp3) is 0.500. The zero-order chi connectivity index (χ0) is 20.8. The van der Waals surface area contributed by atoms with E-state index in [0.29, 0.717) is 32.1 Å². The minimum atomic E-state index is -0.398. The quantitative estimate of drug-likeness (QED) is 0.410. The zero-order valence-corrected chi connectivity index (χ0v) is 17.2. The van der Waals surface area contributed by atoms with Crippen LogP contribution < -0.4 is 15.1 Å². The summed E-state index contributed by atoms with van der Waals surface area (Å²) in [5.41, 5.74) is 3.70. The average Bonchev–Trinajstić information content (AvgIpc) is 2.73. The molecule has 9 nitrogen and oxygen atoms in total. The smallest absolute Gasteiger partial charge is 0.353 e. The molecular weight excluding hydrogens is 372 g/mol. The predicted octanol–water partition coefficient (Wildman–Crippen LogP) is 2.78. The van der Waals surface area contributed by atoms with Gasteiger partial charge in [0.25, 0.3) is 0 Å². The molecule has 1 aliphatic heterocycles. The Bertz CT molecular complexity index is 852. The molecule has 1 aromatic carbocycles. The Kier molecular flexibility index (Phi) is 6.82. The summed E-state index contributed by atoms with van der Waals surface area (Å²) in [5, 5.41) is 14.8. The number of aromatic nitrogens is 2. The Hall–Kier alpha value is -2.94. The fourth-order valence-electron chi connectivity index (χ4n) is 3.56. The van der Waals surface area contributed by atoms with Crippen LogP contribution in [-0.4, -0.2) is 61.3 Å². The molecule has 1 aliphatic rings. The van der Waals surface area contributed by atoms with Crippen LogP contribution >= 0.6 is 0 Å². The number of anilines is 3. The highest BCUT2D eigenvalue weighted by atomic mass is 16.6. The Labute approximate surface area is 170 Å². The molecule has 1 saturated heterocycles. The molecule has 0 aliphatic carbocycles. The molecule has 0 bridgehead atoms. The minimum absolute atomic E-state index is 0.0647. The van der Waals surface area contributed by atoms with Gasteiger partial charge in [0.2, 0.25) is 11.6 Å². The predicted molar refractivity (Wildman–Crippen MR) is 114 cm³/mol. The first-order chi connectivity index (χ1) is 14.0. The van der Waals surface area contributed by atoms with Gasteiger partial charge >= 0.3 is 5.69 Å². The highest BCUT2D eigenvalue weighted by molar-refractivity contribution is 5.71. The molecule has 156 valence electrons. The average molecular weight is 400 g/mol. The first kappa shape index (κ1) is 20.8. The molecule has 0 radical (unpaired) electrons. The van der Waals surface area contributed by atoms with E-state index < -0.39 is 4.92 Å². The van der Waals surface area contributed by atoms with Crippen molar-refractivity contribution in [2.75, 3.05) is 61.6 Å². The number of nitro groups is 1. The van der Waals surface area contributed by atoms with Crippen molar-refractivity contribution >= 4 is 23.0 Å². The maximum atomic E-state index is 11.8. The van der Waals surface area contributed by atoms with Crippen molar-refractivity contribution in [1.29, 1.82) is 0 Å². The van der Waals surface area contributed by atoms with Gasteiger partial charge in [0.1, 0.15) is 6.33 Å². The van der Waals surface area contributed by atoms with Crippen LogP contribution in [0.1, 0.15) is 17.5 Å². The van der Waals surface area contributed by atoms with Gasteiger partial charge in [0, 0.05) is 52.1 Å². The van der Waals surface area contributed by atoms with Crippen molar-refractivity contribution in [1.82, 2.24) is 9.97 Å². The first-order valence-corrected chi connectivity index (χ1v) is 9.81. The summed E-state index contributed by atoms with van der Waals surface area (Å²) in [6.07, 6.45) is 2.12. The third-order valence-electron chi connectivity index (χ3n) is 5.30. The van der Waals surface area contributed by atoms with E-state index in [1.807, 2.05) is 4.90 Å². The van der Waals surface area contributed by atoms with Gasteiger partial charge in [-0.3, -0.25) is 10.1 Å². The lowest BCUT2D eigenvalue weighted by Gasteiger charge is -2.37. The van der Waals surface area contributed by atoms with Gasteiger partial charge in [0.15, 0.2) is 0 Å². The standard InChI is InChI=1S/C20H28N6O3/c1-15-6-4-7-17(16(15)2)24-9-11-25(12-10-24)20-18(26(27)28)19(22-14-23-20)21-8-5-13-29-3/h4,6-7,14H,5,8-13H2,1-3H3,(H,21,22,23). The van der Waals surface area contributed by atoms with Crippen molar-refractivity contribution in [3.8, 4) is 0 Å². The number of benzene rings is 1. The number of nitrogens with one attached hydrogen (secondary N) is 1. The van der Waals surface area contributed by atoms with Crippen LogP contribution in [0.2, 0.25) is 0 Å². The number of methoxy groups -OCH3 is 1. The lowest BCUT2D eigenvalue weighted by molar-refractivity contribution is -0.383. The molecule has 3 rings (SSSR count). The van der Waals surface area contributed by atoms with Crippen LogP contribution in [0, 0.1) is 24.0 Å². The Morgan fingerprint density at radius 3 is 2.59 bits per heavy atom. The molecule has 2 heterocycles. The van der Waals surface area contributed by atoms with Crippen LogP contribution in [0.25, 0.3) is 0 Å². The van der Waals surface area contributed by atoms with E-state index in [4.69, 9.17) is 4.74 Å². The Morgan fingerprint density at radius 1 is 1.17 bits per heavy atom. The fourth-order valence-corrected chi connectivity index (χ4v) is 3.56. The van der Waals surface area contributed by atoms with Crippen LogP contribution in [0.5, 0.6) is 0 Å². The molecule has 29 heavy (non-hydrogen) atoms. The van der Waals surface area contributed by atoms with Gasteiger partial charge < -0.3 is 19.9 Å². The van der Waals surface area contributed by atoms with Gasteiger partial charge in [-0.05, 0) is 37.5 Å². The van der Waals surface area contributed by atoms with Gasteiger partial charge in [-0.25, -0.2) is 9.97 Å². The lowest BCUT2D eigenvalue weighted by atomic mass is 10.1. The summed E-state index contributed by atoms with van der Waals surface area (Å²) in [4.78, 5) is 24.0. The van der Waals surface area contributed by atoms with E-state index in [1.165, 1.54) is 23.1 Å². The Morgan fingerprint density at radius 2 is 1.90 bits per heavy atom. The van der Waals surface area contributed by atoms with E-state index in [2.05, 4.69) is 52.2 Å². The summed E-state index contributed by atoms with van der Waals surface area (Å²) < 4.78 is 5.02. The van der Waals surface area contributed by atoms with Gasteiger partial charge in [0.05, 0.1) is 4.92 Å². The van der Waals surface area contributed by atoms with Gasteiger partial charge in [-0.15, -0.1) is 0 Å². The van der Waals surface area contributed by atoms with E-state index in [-0.39, 0.29) is 11.5 Å². The SMILES string of the molecule is COCCCNc1ncnc(N2CCN(c3cccc(C)c3C)CC2)c1[N+](=O)[O-]. The summed E-state index contributed by atoms with van der Waals surface area (Å²) in [5.74, 6) is 0.632. The molecule has 2 aromatic rings. The van der Waals surface area contributed by atoms with Crippen molar-refractivity contribution in [3.63, 3.8) is 0 Å². The topological polar surface area (TPSA) is 96.7 Å². The molecule has 0 spiro atoms. The summed E-state index contributed by atoms with van der Waals surface area (Å²) in [6.45, 7) is 8.26. The monoisotopic (exact) mass is 400 g/mol. The van der Waals surface area contributed by atoms with Crippen LogP contribution in [0.3, 0.4) is 0 Å². The number of nitrogens with zero attached hydrogens (tertiary/aromatic N) is 5. The number of hydrogen-bond donors (Lipinski definition) is 1. The molecule has 1 aromatic heterocycles. The highest BCUT2D eigenvalue weighted by Gasteiger charge is 2.29. The molecule has 9 heteroatoms. The molecule has 0 atom stereocenters. The number of piperazine rings is 1. The second-order valence-corrected chi connectivity index (χ2v) is 7.12. The number of rotatable bonds is 8. The summed E-state index contributed by atoms with van der Waals surface area (Å²) in [7, 11) is 1.63. The second-order valence-electron chi connectivity index (χ2n) is 7.12. The molecule has 0 saturated carbocycles. The zero-order valence-electron chi connectivity index (χ0n) is 17.2. The molecule has 0 amide bonds. The number of ether oxygens (including phenoxy) is 1. The number of hydrogen-bond acceptors (Lipinski definition) is 8. The van der Waals surface area contributed by atoms with Crippen molar-refractivity contribution in [2.24, 2.45) is 0 Å². The number of aryl methyl sites for hydroxylation is 1. The molecular formula is C20H28N6O3.